The van der Waals surface area contributed by atoms with Crippen LogP contribution in [-0.4, -0.2) is 33.9 Å². The van der Waals surface area contributed by atoms with E-state index in [1.165, 1.54) is 18.0 Å². The molecule has 2 atom stereocenters. The lowest BCUT2D eigenvalue weighted by Crippen LogP contribution is -2.29. The number of rotatable bonds is 3. The molecule has 0 spiro atoms. The fourth-order valence-electron chi connectivity index (χ4n) is 4.92. The molecule has 2 N–H and O–H groups in total. The molecule has 12 heteroatoms. The van der Waals surface area contributed by atoms with Gasteiger partial charge in [0.15, 0.2) is 5.82 Å². The van der Waals surface area contributed by atoms with Gasteiger partial charge in [0, 0.05) is 35.0 Å². The van der Waals surface area contributed by atoms with Crippen molar-refractivity contribution < 1.29 is 23.1 Å². The summed E-state index contributed by atoms with van der Waals surface area (Å²) in [5, 5.41) is 9.58. The van der Waals surface area contributed by atoms with E-state index in [0.29, 0.717) is 47.5 Å². The van der Waals surface area contributed by atoms with E-state index in [1.807, 2.05) is 0 Å². The van der Waals surface area contributed by atoms with Gasteiger partial charge in [-0.05, 0) is 54.8 Å². The zero-order chi connectivity index (χ0) is 30.0. The molecule has 1 aliphatic rings. The Hall–Kier alpha value is -4.64. The number of anilines is 2. The second-order valence-electron chi connectivity index (χ2n) is 9.93. The lowest BCUT2D eigenvalue weighted by atomic mass is 9.95. The van der Waals surface area contributed by atoms with Crippen LogP contribution in [0, 0.1) is 17.6 Å². The largest absolute Gasteiger partial charge is 0.453 e. The van der Waals surface area contributed by atoms with Crippen LogP contribution in [0.4, 0.5) is 25.0 Å². The van der Waals surface area contributed by atoms with Crippen LogP contribution >= 0.6 is 11.6 Å². The van der Waals surface area contributed by atoms with E-state index in [-0.39, 0.29) is 22.4 Å². The first kappa shape index (κ1) is 28.9. The molecule has 2 aromatic carbocycles. The van der Waals surface area contributed by atoms with Crippen LogP contribution in [-0.2, 0) is 9.53 Å². The molecular weight excluding hydrogens is 568 g/mol. The zero-order valence-electron chi connectivity index (χ0n) is 22.7. The topological polar surface area (TPSA) is 115 Å². The average molecular weight is 594 g/mol. The molecule has 216 valence electrons. The molecule has 0 fully saturated rings. The van der Waals surface area contributed by atoms with Gasteiger partial charge in [0.25, 0.3) is 5.56 Å². The highest BCUT2D eigenvalue weighted by atomic mass is 35.5. The highest BCUT2D eigenvalue weighted by molar-refractivity contribution is 6.31. The summed E-state index contributed by atoms with van der Waals surface area (Å²) in [5.74, 6) is -2.43. The highest BCUT2D eigenvalue weighted by Crippen LogP contribution is 2.35. The summed E-state index contributed by atoms with van der Waals surface area (Å²) in [6.07, 6.45) is 3.64. The van der Waals surface area contributed by atoms with Crippen molar-refractivity contribution in [2.75, 3.05) is 17.7 Å². The Morgan fingerprint density at radius 1 is 1.10 bits per heavy atom. The first-order chi connectivity index (χ1) is 20.2. The third-order valence-corrected chi connectivity index (χ3v) is 7.45. The Bertz CT molecular complexity index is 1750. The van der Waals surface area contributed by atoms with Crippen molar-refractivity contribution in [3.05, 3.63) is 93.6 Å². The van der Waals surface area contributed by atoms with Crippen LogP contribution in [0.3, 0.4) is 0 Å². The first-order valence-electron chi connectivity index (χ1n) is 13.1. The van der Waals surface area contributed by atoms with Gasteiger partial charge in [-0.15, -0.1) is 0 Å². The molecule has 0 unspecified atom stereocenters. The number of halogens is 3. The van der Waals surface area contributed by atoms with Crippen LogP contribution < -0.4 is 16.2 Å². The summed E-state index contributed by atoms with van der Waals surface area (Å²) in [6, 6.07) is 11.2. The average Bonchev–Trinajstić information content (AvgIpc) is 2.97. The van der Waals surface area contributed by atoms with Crippen molar-refractivity contribution in [3.63, 3.8) is 0 Å². The molecule has 2 amide bonds. The summed E-state index contributed by atoms with van der Waals surface area (Å²) in [4.78, 5) is 42.7. The Balaban J connectivity index is 1.59. The standard InChI is InChI=1S/C30H26ClF2N5O4/c1-16-4-3-5-25(38-26(39)13-18(15-35-38)27-22(32)9-8-21(31)28(27)33)24-12-17(10-11-34-24)20-7-6-19(36-30(41)42-2)14-23(20)37-29(16)40/h6-16,25H,3-5H2,1-2H3,(H,36,41)(H,37,40)/t16-,25+/m1/s1. The predicted octanol–water partition coefficient (Wildman–Crippen LogP) is 6.43. The van der Waals surface area contributed by atoms with Crippen molar-refractivity contribution in [3.8, 4) is 22.3 Å². The van der Waals surface area contributed by atoms with Crippen LogP contribution in [0.1, 0.15) is 37.9 Å². The van der Waals surface area contributed by atoms with E-state index in [1.54, 1.807) is 43.5 Å². The molecule has 9 nitrogen and oxygen atoms in total. The monoisotopic (exact) mass is 593 g/mol. The number of hydrogen-bond donors (Lipinski definition) is 2. The minimum Gasteiger partial charge on any atom is -0.453 e. The Morgan fingerprint density at radius 2 is 1.90 bits per heavy atom. The molecular formula is C30H26ClF2N5O4. The van der Waals surface area contributed by atoms with Crippen molar-refractivity contribution >= 4 is 35.0 Å². The smallest absolute Gasteiger partial charge is 0.411 e. The number of benzene rings is 2. The second kappa shape index (κ2) is 12.1. The van der Waals surface area contributed by atoms with Crippen molar-refractivity contribution in [1.29, 1.82) is 0 Å². The van der Waals surface area contributed by atoms with Crippen molar-refractivity contribution in [1.82, 2.24) is 14.8 Å². The Morgan fingerprint density at radius 3 is 2.67 bits per heavy atom. The lowest BCUT2D eigenvalue weighted by Gasteiger charge is -2.22. The number of ether oxygens (including phenoxy) is 1. The van der Waals surface area contributed by atoms with Gasteiger partial charge in [-0.25, -0.2) is 18.3 Å². The minimum absolute atomic E-state index is 0.0424. The van der Waals surface area contributed by atoms with Crippen molar-refractivity contribution in [2.24, 2.45) is 5.92 Å². The van der Waals surface area contributed by atoms with Crippen LogP contribution in [0.2, 0.25) is 5.02 Å². The fraction of sp³-hybridized carbons (Fsp3) is 0.233. The van der Waals surface area contributed by atoms with Crippen LogP contribution in [0.5, 0.6) is 0 Å². The Kier molecular flexibility index (Phi) is 8.30. The van der Waals surface area contributed by atoms with E-state index in [2.05, 4.69) is 25.5 Å². The van der Waals surface area contributed by atoms with Crippen LogP contribution in [0.25, 0.3) is 22.3 Å². The molecule has 2 bridgehead atoms. The van der Waals surface area contributed by atoms with Gasteiger partial charge in [-0.2, -0.15) is 5.10 Å². The molecule has 1 aliphatic heterocycles. The summed E-state index contributed by atoms with van der Waals surface area (Å²) in [6.45, 7) is 1.80. The lowest BCUT2D eigenvalue weighted by molar-refractivity contribution is -0.119. The maximum atomic E-state index is 14.6. The van der Waals surface area contributed by atoms with E-state index in [0.717, 1.165) is 18.2 Å². The molecule has 0 saturated carbocycles. The van der Waals surface area contributed by atoms with Gasteiger partial charge >= 0.3 is 6.09 Å². The normalized spacial score (nSPS) is 16.8. The molecule has 0 saturated heterocycles. The zero-order valence-corrected chi connectivity index (χ0v) is 23.4. The van der Waals surface area contributed by atoms with E-state index in [9.17, 15) is 23.2 Å². The summed E-state index contributed by atoms with van der Waals surface area (Å²) < 4.78 is 35.0. The van der Waals surface area contributed by atoms with E-state index < -0.39 is 34.9 Å². The number of nitrogens with one attached hydrogen (secondary N) is 2. The molecule has 0 aliphatic carbocycles. The van der Waals surface area contributed by atoms with Gasteiger partial charge in [0.1, 0.15) is 5.82 Å². The highest BCUT2D eigenvalue weighted by Gasteiger charge is 2.24. The third kappa shape index (κ3) is 5.87. The number of fused-ring (bicyclic) bond motifs is 4. The van der Waals surface area contributed by atoms with Gasteiger partial charge < -0.3 is 10.1 Å². The molecule has 4 aromatic rings. The van der Waals surface area contributed by atoms with Gasteiger partial charge in [-0.3, -0.25) is 19.9 Å². The molecule has 0 radical (unpaired) electrons. The third-order valence-electron chi connectivity index (χ3n) is 7.16. The number of pyridine rings is 1. The molecule has 2 aromatic heterocycles. The summed E-state index contributed by atoms with van der Waals surface area (Å²) in [5.41, 5.74) is 1.74. The molecule has 5 rings (SSSR count). The van der Waals surface area contributed by atoms with Gasteiger partial charge in [0.2, 0.25) is 5.91 Å². The van der Waals surface area contributed by atoms with Crippen LogP contribution in [0.15, 0.2) is 65.7 Å². The number of carbonyl (C=O) groups is 2. The first-order valence-corrected chi connectivity index (χ1v) is 13.5. The van der Waals surface area contributed by atoms with Gasteiger partial charge in [0.05, 0.1) is 41.3 Å². The summed E-state index contributed by atoms with van der Waals surface area (Å²) >= 11 is 5.84. The molecule has 3 heterocycles. The quantitative estimate of drug-likeness (QED) is 0.265. The maximum absolute atomic E-state index is 14.6. The van der Waals surface area contributed by atoms with E-state index >= 15 is 0 Å². The van der Waals surface area contributed by atoms with E-state index in [4.69, 9.17) is 11.6 Å². The number of hydrogen-bond acceptors (Lipinski definition) is 6. The Labute approximate surface area is 244 Å². The number of methoxy groups -OCH3 is 1. The second-order valence-corrected chi connectivity index (χ2v) is 10.3. The minimum atomic E-state index is -0.980. The predicted molar refractivity (Wildman–Crippen MR) is 154 cm³/mol. The fourth-order valence-corrected chi connectivity index (χ4v) is 5.08. The number of nitrogens with zero attached hydrogens (tertiary/aromatic N) is 3. The number of amides is 2. The molecule has 42 heavy (non-hydrogen) atoms. The van der Waals surface area contributed by atoms with Gasteiger partial charge in [-0.1, -0.05) is 31.0 Å². The summed E-state index contributed by atoms with van der Waals surface area (Å²) in [7, 11) is 1.25. The number of carbonyl (C=O) groups excluding carboxylic acids is 2. The SMILES string of the molecule is COC(=O)Nc1ccc2c(c1)NC(=O)[C@H](C)CCC[C@H](n1ncc(-c3c(F)ccc(Cl)c3F)cc1=O)c1cc-2ccn1. The number of aromatic nitrogens is 3. The maximum Gasteiger partial charge on any atom is 0.411 e. The van der Waals surface area contributed by atoms with Crippen molar-refractivity contribution in [2.45, 2.75) is 32.2 Å².